The summed E-state index contributed by atoms with van der Waals surface area (Å²) in [7, 11) is -1.86. The van der Waals surface area contributed by atoms with E-state index in [0.29, 0.717) is 0 Å². The maximum absolute atomic E-state index is 2.65. The van der Waals surface area contributed by atoms with Crippen molar-refractivity contribution in [2.24, 2.45) is 0 Å². The van der Waals surface area contributed by atoms with Crippen molar-refractivity contribution >= 4 is 53.9 Å². The van der Waals surface area contributed by atoms with Gasteiger partial charge in [0.25, 0.3) is 0 Å². The minimum absolute atomic E-state index is 0.108. The van der Waals surface area contributed by atoms with Crippen LogP contribution in [0.25, 0.3) is 16.8 Å². The molecule has 0 spiro atoms. The third kappa shape index (κ3) is 5.13. The molecule has 1 aliphatic rings. The molecule has 46 heavy (non-hydrogen) atoms. The summed E-state index contributed by atoms with van der Waals surface area (Å²) in [5, 5.41) is 8.17. The molecule has 220 valence electrons. The van der Waals surface area contributed by atoms with Gasteiger partial charge >= 0.3 is 0 Å². The van der Waals surface area contributed by atoms with Gasteiger partial charge in [0.1, 0.15) is 0 Å². The number of hydrogen-bond donors (Lipinski definition) is 0. The van der Waals surface area contributed by atoms with E-state index in [2.05, 4.69) is 200 Å². The highest BCUT2D eigenvalue weighted by atomic mass is 31.2. The van der Waals surface area contributed by atoms with Crippen molar-refractivity contribution in [3.05, 3.63) is 211 Å². The van der Waals surface area contributed by atoms with Gasteiger partial charge in [-0.25, -0.2) is 0 Å². The summed E-state index contributed by atoms with van der Waals surface area (Å²) in [6, 6.07) is 70.4. The van der Waals surface area contributed by atoms with Crippen molar-refractivity contribution in [2.75, 3.05) is 0 Å². The van der Waals surface area contributed by atoms with Gasteiger partial charge in [-0.15, -0.1) is 0 Å². The molecule has 7 aromatic rings. The Morgan fingerprint density at radius 3 is 1.35 bits per heavy atom. The predicted molar refractivity (Wildman–Crippen MR) is 202 cm³/mol. The minimum Gasteiger partial charge on any atom is -0.0670 e. The Balaban J connectivity index is 1.54. The van der Waals surface area contributed by atoms with E-state index in [1.54, 1.807) is 0 Å². The van der Waals surface area contributed by atoms with Crippen LogP contribution < -0.4 is 21.2 Å². The molecule has 1 unspecified atom stereocenters. The quantitative estimate of drug-likeness (QED) is 0.155. The van der Waals surface area contributed by atoms with E-state index < -0.39 is 15.8 Å². The Morgan fingerprint density at radius 2 is 0.826 bits per heavy atom. The summed E-state index contributed by atoms with van der Waals surface area (Å²) in [4.78, 5) is -0.299. The lowest BCUT2D eigenvalue weighted by molar-refractivity contribution is 0.781. The van der Waals surface area contributed by atoms with Crippen LogP contribution in [0.15, 0.2) is 194 Å². The molecule has 0 aliphatic heterocycles. The van der Waals surface area contributed by atoms with Gasteiger partial charge in [0.05, 0.1) is 4.90 Å². The Morgan fingerprint density at radius 1 is 0.391 bits per heavy atom. The van der Waals surface area contributed by atoms with E-state index in [4.69, 9.17) is 0 Å². The van der Waals surface area contributed by atoms with Crippen LogP contribution in [0.3, 0.4) is 0 Å². The fourth-order valence-corrected chi connectivity index (χ4v) is 15.1. The summed E-state index contributed by atoms with van der Waals surface area (Å²) in [6.07, 6.45) is 5.09. The van der Waals surface area contributed by atoms with Crippen LogP contribution in [0.2, 0.25) is 0 Å². The lowest BCUT2D eigenvalue weighted by Gasteiger charge is -2.52. The molecule has 0 heterocycles. The second kappa shape index (κ2) is 12.7. The van der Waals surface area contributed by atoms with Gasteiger partial charge in [0, 0.05) is 5.92 Å². The first-order valence-corrected chi connectivity index (χ1v) is 18.6. The monoisotopic (exact) mass is 624 g/mol. The first kappa shape index (κ1) is 28.8. The first-order chi connectivity index (χ1) is 22.8. The van der Waals surface area contributed by atoms with Gasteiger partial charge in [-0.05, 0) is 64.5 Å². The Bertz CT molecular complexity index is 1940. The average Bonchev–Trinajstić information content (AvgIpc) is 3.13. The molecule has 0 nitrogen and oxygen atoms in total. The van der Waals surface area contributed by atoms with E-state index in [9.17, 15) is 0 Å². The Labute approximate surface area is 274 Å². The summed E-state index contributed by atoms with van der Waals surface area (Å²) < 4.78 is 0. The van der Waals surface area contributed by atoms with Crippen molar-refractivity contribution in [2.45, 2.75) is 10.8 Å². The predicted octanol–water partition coefficient (Wildman–Crippen LogP) is 9.96. The fraction of sp³-hybridized carbons (Fsp3) is 0.0455. The largest absolute Gasteiger partial charge is 0.0670 e. The van der Waals surface area contributed by atoms with E-state index in [1.165, 1.54) is 48.7 Å². The first-order valence-electron chi connectivity index (χ1n) is 15.9. The molecule has 1 atom stereocenters. The van der Waals surface area contributed by atoms with Crippen LogP contribution in [0.4, 0.5) is 0 Å². The normalized spacial score (nSPS) is 15.2. The molecule has 8 rings (SSSR count). The summed E-state index contributed by atoms with van der Waals surface area (Å²) in [6.45, 7) is 0. The molecule has 1 aliphatic carbocycles. The number of rotatable bonds is 7. The van der Waals surface area contributed by atoms with Crippen LogP contribution in [-0.2, 0) is 0 Å². The zero-order valence-electron chi connectivity index (χ0n) is 25.5. The molecule has 0 N–H and O–H groups in total. The summed E-state index contributed by atoms with van der Waals surface area (Å²) in [5.41, 5.74) is 4.08. The molecular weight excluding hydrogens is 590 g/mol. The van der Waals surface area contributed by atoms with Crippen LogP contribution in [-0.4, -0.2) is 4.90 Å². The van der Waals surface area contributed by atoms with E-state index >= 15 is 0 Å². The highest BCUT2D eigenvalue weighted by molar-refractivity contribution is 7.91. The lowest BCUT2D eigenvalue weighted by Crippen LogP contribution is -2.44. The zero-order chi connectivity index (χ0) is 30.8. The van der Waals surface area contributed by atoms with Gasteiger partial charge in [-0.3, -0.25) is 0 Å². The molecule has 0 saturated heterocycles. The highest BCUT2D eigenvalue weighted by Crippen LogP contribution is 2.73. The van der Waals surface area contributed by atoms with Crippen molar-refractivity contribution < 1.29 is 0 Å². The van der Waals surface area contributed by atoms with Crippen LogP contribution >= 0.6 is 15.8 Å². The Hall–Kier alpha value is -4.60. The lowest BCUT2D eigenvalue weighted by atomic mass is 9.81. The maximum Gasteiger partial charge on any atom is 0.0557 e. The van der Waals surface area contributed by atoms with E-state index in [0.717, 1.165) is 0 Å². The van der Waals surface area contributed by atoms with E-state index in [1.807, 2.05) is 0 Å². The van der Waals surface area contributed by atoms with Crippen molar-refractivity contribution in [3.63, 3.8) is 0 Å². The summed E-state index contributed by atoms with van der Waals surface area (Å²) in [5.74, 6) is 0.108. The summed E-state index contributed by atoms with van der Waals surface area (Å²) >= 11 is 0. The molecule has 0 radical (unpaired) electrons. The highest BCUT2D eigenvalue weighted by Gasteiger charge is 2.54. The molecule has 7 aromatic carbocycles. The van der Waals surface area contributed by atoms with Crippen molar-refractivity contribution in [1.29, 1.82) is 0 Å². The van der Waals surface area contributed by atoms with Gasteiger partial charge in [0.15, 0.2) is 0 Å². The van der Waals surface area contributed by atoms with E-state index in [-0.39, 0.29) is 10.8 Å². The smallest absolute Gasteiger partial charge is 0.0557 e. The molecule has 2 heteroatoms. The van der Waals surface area contributed by atoms with Gasteiger partial charge in [-0.2, -0.15) is 0 Å². The SMILES string of the molecule is C1=CC(P(c2ccccc2)c2ccccc2)(P(c2ccccc2)c2ccccc2)C(c2ccc3ccccc3c2)c2ccccc21. The van der Waals surface area contributed by atoms with Gasteiger partial charge in [0.2, 0.25) is 0 Å². The number of benzene rings is 7. The molecule has 0 fully saturated rings. The minimum atomic E-state index is -0.928. The standard InChI is InChI=1S/C44H34P2/c1-5-20-38(21-6-1)45(39-22-7-2-8-23-39)44(46(40-24-9-3-10-25-40)41-26-11-4-12-27-41)32-31-35-18-15-16-28-42(35)43(44)37-30-29-34-17-13-14-19-36(34)33-37/h1-33,43H. The molecular formula is C44H34P2. The van der Waals surface area contributed by atoms with Crippen LogP contribution in [0.1, 0.15) is 22.6 Å². The second-order valence-electron chi connectivity index (χ2n) is 11.8. The van der Waals surface area contributed by atoms with Gasteiger partial charge < -0.3 is 0 Å². The van der Waals surface area contributed by atoms with Crippen molar-refractivity contribution in [1.82, 2.24) is 0 Å². The number of fused-ring (bicyclic) bond motifs is 2. The number of hydrogen-bond acceptors (Lipinski definition) is 0. The fourth-order valence-electron chi connectivity index (χ4n) is 7.22. The topological polar surface area (TPSA) is 0 Å². The van der Waals surface area contributed by atoms with Crippen LogP contribution in [0, 0.1) is 0 Å². The second-order valence-corrected chi connectivity index (χ2v) is 17.0. The maximum atomic E-state index is 2.65. The van der Waals surface area contributed by atoms with Crippen molar-refractivity contribution in [3.8, 4) is 0 Å². The Kier molecular flexibility index (Phi) is 7.93. The zero-order valence-corrected chi connectivity index (χ0v) is 27.3. The molecule has 0 amide bonds. The third-order valence-corrected chi connectivity index (χ3v) is 15.8. The van der Waals surface area contributed by atoms with Crippen LogP contribution in [0.5, 0.6) is 0 Å². The molecule has 0 aromatic heterocycles. The van der Waals surface area contributed by atoms with Gasteiger partial charge in [-0.1, -0.05) is 200 Å². The number of allylic oxidation sites excluding steroid dienone is 1. The average molecular weight is 625 g/mol. The molecule has 0 bridgehead atoms. The third-order valence-electron chi connectivity index (χ3n) is 9.12. The molecule has 0 saturated carbocycles.